The number of piperazine rings is 1. The smallest absolute Gasteiger partial charge is 0.254 e. The molecule has 0 bridgehead atoms. The molecule has 0 radical (unpaired) electrons. The number of nitrogens with one attached hydrogen (secondary N) is 1. The van der Waals surface area contributed by atoms with E-state index in [9.17, 15) is 4.79 Å². The monoisotopic (exact) mass is 288 g/mol. The number of hydrogen-bond acceptors (Lipinski definition) is 2. The van der Waals surface area contributed by atoms with Crippen LogP contribution in [0.5, 0.6) is 0 Å². The molecule has 2 rings (SSSR count). The molecule has 0 saturated carbocycles. The van der Waals surface area contributed by atoms with Crippen LogP contribution in [-0.2, 0) is 0 Å². The van der Waals surface area contributed by atoms with Crippen molar-refractivity contribution >= 4 is 29.9 Å². The zero-order valence-corrected chi connectivity index (χ0v) is 12.1. The highest BCUT2D eigenvalue weighted by Crippen LogP contribution is 2.17. The summed E-state index contributed by atoms with van der Waals surface area (Å²) >= 11 is 5.90. The van der Waals surface area contributed by atoms with Crippen molar-refractivity contribution in [1.82, 2.24) is 10.2 Å². The maximum absolute atomic E-state index is 12.3. The number of carbonyl (C=O) groups is 1. The van der Waals surface area contributed by atoms with Gasteiger partial charge >= 0.3 is 0 Å². The Bertz CT molecular complexity index is 437. The first-order valence-corrected chi connectivity index (χ1v) is 6.24. The maximum Gasteiger partial charge on any atom is 0.254 e. The first-order chi connectivity index (χ1) is 8.08. The molecule has 1 aromatic carbocycles. The van der Waals surface area contributed by atoms with Crippen LogP contribution >= 0.6 is 24.0 Å². The molecule has 1 aliphatic rings. The third-order valence-electron chi connectivity index (χ3n) is 3.07. The summed E-state index contributed by atoms with van der Waals surface area (Å²) in [5.41, 5.74) is 1.69. The molecular weight excluding hydrogens is 271 g/mol. The summed E-state index contributed by atoms with van der Waals surface area (Å²) in [7, 11) is 0. The lowest BCUT2D eigenvalue weighted by Crippen LogP contribution is -2.51. The molecule has 1 heterocycles. The van der Waals surface area contributed by atoms with Gasteiger partial charge in [0.05, 0.1) is 0 Å². The number of halogens is 2. The van der Waals surface area contributed by atoms with Crippen LogP contribution < -0.4 is 5.32 Å². The molecule has 3 nitrogen and oxygen atoms in total. The van der Waals surface area contributed by atoms with Crippen LogP contribution in [0.1, 0.15) is 22.8 Å². The highest BCUT2D eigenvalue weighted by atomic mass is 35.5. The van der Waals surface area contributed by atoms with Crippen LogP contribution in [0.4, 0.5) is 0 Å². The Labute approximate surface area is 119 Å². The van der Waals surface area contributed by atoms with Gasteiger partial charge in [-0.1, -0.05) is 11.6 Å². The lowest BCUT2D eigenvalue weighted by atomic mass is 10.1. The fourth-order valence-electron chi connectivity index (χ4n) is 2.15. The summed E-state index contributed by atoms with van der Waals surface area (Å²) < 4.78 is 0. The Morgan fingerprint density at radius 2 is 2.22 bits per heavy atom. The first kappa shape index (κ1) is 15.3. The molecule has 1 atom stereocenters. The average molecular weight is 289 g/mol. The summed E-state index contributed by atoms with van der Waals surface area (Å²) in [4.78, 5) is 14.2. The minimum Gasteiger partial charge on any atom is -0.336 e. The van der Waals surface area contributed by atoms with E-state index in [2.05, 4.69) is 12.2 Å². The zero-order chi connectivity index (χ0) is 12.4. The van der Waals surface area contributed by atoms with E-state index in [1.807, 2.05) is 24.0 Å². The molecule has 1 saturated heterocycles. The molecule has 100 valence electrons. The van der Waals surface area contributed by atoms with E-state index in [1.165, 1.54) is 0 Å². The highest BCUT2D eigenvalue weighted by Gasteiger charge is 2.22. The second-order valence-corrected chi connectivity index (χ2v) is 5.00. The van der Waals surface area contributed by atoms with Crippen LogP contribution in [0.15, 0.2) is 18.2 Å². The van der Waals surface area contributed by atoms with Gasteiger partial charge in [-0.05, 0) is 37.6 Å². The van der Waals surface area contributed by atoms with Gasteiger partial charge in [0.15, 0.2) is 0 Å². The second kappa shape index (κ2) is 6.41. The van der Waals surface area contributed by atoms with Gasteiger partial charge in [-0.25, -0.2) is 0 Å². The number of nitrogens with zero attached hydrogens (tertiary/aromatic N) is 1. The predicted octanol–water partition coefficient (Wildman–Crippen LogP) is 2.50. The Morgan fingerprint density at radius 1 is 1.50 bits per heavy atom. The van der Waals surface area contributed by atoms with Crippen molar-refractivity contribution in [2.45, 2.75) is 19.9 Å². The molecule has 1 aromatic rings. The number of aryl methyl sites for hydroxylation is 1. The van der Waals surface area contributed by atoms with Gasteiger partial charge in [0.2, 0.25) is 0 Å². The summed E-state index contributed by atoms with van der Waals surface area (Å²) in [6.07, 6.45) is 0. The molecule has 0 aliphatic carbocycles. The van der Waals surface area contributed by atoms with Crippen LogP contribution in [0.2, 0.25) is 5.02 Å². The van der Waals surface area contributed by atoms with Gasteiger partial charge in [0.25, 0.3) is 5.91 Å². The van der Waals surface area contributed by atoms with Gasteiger partial charge in [-0.2, -0.15) is 0 Å². The number of rotatable bonds is 1. The summed E-state index contributed by atoms with van der Waals surface area (Å²) in [5.74, 6) is 0.104. The fraction of sp³-hybridized carbons (Fsp3) is 0.462. The summed E-state index contributed by atoms with van der Waals surface area (Å²) in [6.45, 7) is 6.41. The number of benzene rings is 1. The number of amides is 1. The van der Waals surface area contributed by atoms with Crippen LogP contribution in [0.25, 0.3) is 0 Å². The molecule has 1 amide bonds. The van der Waals surface area contributed by atoms with E-state index in [1.54, 1.807) is 6.07 Å². The third-order valence-corrected chi connectivity index (χ3v) is 3.31. The minimum atomic E-state index is 0. The SMILES string of the molecule is Cc1cc(Cl)ccc1C(=O)N1CCN[C@H](C)C1.Cl. The quantitative estimate of drug-likeness (QED) is 0.861. The van der Waals surface area contributed by atoms with E-state index in [0.717, 1.165) is 30.8 Å². The Hall–Kier alpha value is -0.770. The predicted molar refractivity (Wildman–Crippen MR) is 76.8 cm³/mol. The molecule has 1 aliphatic heterocycles. The molecule has 1 N–H and O–H groups in total. The van der Waals surface area contributed by atoms with Gasteiger partial charge in [0.1, 0.15) is 0 Å². The van der Waals surface area contributed by atoms with Crippen LogP contribution in [0.3, 0.4) is 0 Å². The number of hydrogen-bond donors (Lipinski definition) is 1. The van der Waals surface area contributed by atoms with Gasteiger partial charge < -0.3 is 10.2 Å². The van der Waals surface area contributed by atoms with E-state index in [4.69, 9.17) is 11.6 Å². The van der Waals surface area contributed by atoms with E-state index in [0.29, 0.717) is 11.1 Å². The Morgan fingerprint density at radius 3 is 2.83 bits per heavy atom. The normalized spacial score (nSPS) is 19.3. The maximum atomic E-state index is 12.3. The molecule has 0 aromatic heterocycles. The highest BCUT2D eigenvalue weighted by molar-refractivity contribution is 6.30. The van der Waals surface area contributed by atoms with Crippen molar-refractivity contribution in [2.75, 3.05) is 19.6 Å². The van der Waals surface area contributed by atoms with Crippen molar-refractivity contribution in [3.05, 3.63) is 34.3 Å². The van der Waals surface area contributed by atoms with E-state index < -0.39 is 0 Å². The lowest BCUT2D eigenvalue weighted by molar-refractivity contribution is 0.0708. The molecule has 0 spiro atoms. The van der Waals surface area contributed by atoms with Crippen LogP contribution in [-0.4, -0.2) is 36.5 Å². The van der Waals surface area contributed by atoms with Gasteiger partial charge in [-0.15, -0.1) is 12.4 Å². The number of carbonyl (C=O) groups excluding carboxylic acids is 1. The van der Waals surface area contributed by atoms with E-state index >= 15 is 0 Å². The lowest BCUT2D eigenvalue weighted by Gasteiger charge is -2.32. The van der Waals surface area contributed by atoms with Crippen molar-refractivity contribution in [1.29, 1.82) is 0 Å². The summed E-state index contributed by atoms with van der Waals surface area (Å²) in [5, 5.41) is 4.00. The largest absolute Gasteiger partial charge is 0.336 e. The van der Waals surface area contributed by atoms with Crippen molar-refractivity contribution in [3.63, 3.8) is 0 Å². The average Bonchev–Trinajstić information content (AvgIpc) is 2.28. The first-order valence-electron chi connectivity index (χ1n) is 5.87. The van der Waals surface area contributed by atoms with E-state index in [-0.39, 0.29) is 18.3 Å². The van der Waals surface area contributed by atoms with Gasteiger partial charge in [0, 0.05) is 36.3 Å². The molecule has 1 fully saturated rings. The minimum absolute atomic E-state index is 0. The molecule has 5 heteroatoms. The zero-order valence-electron chi connectivity index (χ0n) is 10.6. The fourth-order valence-corrected chi connectivity index (χ4v) is 2.38. The van der Waals surface area contributed by atoms with Crippen LogP contribution in [0, 0.1) is 6.92 Å². The molecular formula is C13H18Cl2N2O. The van der Waals surface area contributed by atoms with Crippen molar-refractivity contribution in [3.8, 4) is 0 Å². The van der Waals surface area contributed by atoms with Crippen molar-refractivity contribution < 1.29 is 4.79 Å². The Kier molecular flexibility index (Phi) is 5.45. The second-order valence-electron chi connectivity index (χ2n) is 4.57. The molecule has 0 unspecified atom stereocenters. The van der Waals surface area contributed by atoms with Gasteiger partial charge in [-0.3, -0.25) is 4.79 Å². The standard InChI is InChI=1S/C13H17ClN2O.ClH/c1-9-7-11(14)3-4-12(9)13(17)16-6-5-15-10(2)8-16;/h3-4,7,10,15H,5-6,8H2,1-2H3;1H/t10-;/m1./s1. The Balaban J connectivity index is 0.00000162. The summed E-state index contributed by atoms with van der Waals surface area (Å²) in [6, 6.07) is 5.78. The molecule has 18 heavy (non-hydrogen) atoms. The van der Waals surface area contributed by atoms with Crippen molar-refractivity contribution in [2.24, 2.45) is 0 Å². The third kappa shape index (κ3) is 3.37. The topological polar surface area (TPSA) is 32.3 Å².